The van der Waals surface area contributed by atoms with E-state index in [0.717, 1.165) is 12.8 Å². The van der Waals surface area contributed by atoms with Gasteiger partial charge in [-0.1, -0.05) is 13.8 Å². The Bertz CT molecular complexity index is 462. The Morgan fingerprint density at radius 3 is 2.62 bits per heavy atom. The first-order valence-corrected chi connectivity index (χ1v) is 7.09. The van der Waals surface area contributed by atoms with Gasteiger partial charge in [-0.25, -0.2) is 13.4 Å². The molecule has 0 saturated heterocycles. The van der Waals surface area contributed by atoms with Crippen LogP contribution >= 0.6 is 0 Å². The van der Waals surface area contributed by atoms with Crippen LogP contribution in [0.1, 0.15) is 32.5 Å². The van der Waals surface area contributed by atoms with Crippen molar-refractivity contribution in [2.24, 2.45) is 0 Å². The van der Waals surface area contributed by atoms with Crippen LogP contribution in [0.3, 0.4) is 0 Å². The van der Waals surface area contributed by atoms with E-state index in [1.54, 1.807) is 4.31 Å². The zero-order chi connectivity index (χ0) is 11.8. The predicted molar refractivity (Wildman–Crippen MR) is 60.6 cm³/mol. The van der Waals surface area contributed by atoms with Crippen molar-refractivity contribution in [1.29, 1.82) is 0 Å². The van der Waals surface area contributed by atoms with Crippen LogP contribution in [-0.4, -0.2) is 35.3 Å². The number of aryl methyl sites for hydroxylation is 1. The molecule has 0 spiro atoms. The van der Waals surface area contributed by atoms with E-state index in [2.05, 4.69) is 9.97 Å². The van der Waals surface area contributed by atoms with Crippen LogP contribution in [0.5, 0.6) is 0 Å². The minimum Gasteiger partial charge on any atom is -0.332 e. The zero-order valence-electron chi connectivity index (χ0n) is 9.60. The fraction of sp³-hybridized carbons (Fsp3) is 0.700. The highest BCUT2D eigenvalue weighted by Gasteiger charge is 2.37. The first kappa shape index (κ1) is 11.6. The summed E-state index contributed by atoms with van der Waals surface area (Å²) in [6.07, 6.45) is 4.08. The summed E-state index contributed by atoms with van der Waals surface area (Å²) in [7, 11) is -3.36. The molecule has 6 heteroatoms. The Morgan fingerprint density at radius 2 is 2.19 bits per heavy atom. The molecule has 1 N–H and O–H groups in total. The molecule has 1 heterocycles. The summed E-state index contributed by atoms with van der Waals surface area (Å²) in [4.78, 5) is 6.90. The Labute approximate surface area is 95.9 Å². The molecule has 1 fully saturated rings. The lowest BCUT2D eigenvalue weighted by atomic mass is 10.5. The number of hydrogen-bond donors (Lipinski definition) is 1. The van der Waals surface area contributed by atoms with Gasteiger partial charge in [-0.05, 0) is 12.8 Å². The van der Waals surface area contributed by atoms with Crippen molar-refractivity contribution >= 4 is 10.0 Å². The zero-order valence-corrected chi connectivity index (χ0v) is 10.4. The molecule has 0 aromatic carbocycles. The molecule has 1 aromatic heterocycles. The second-order valence-corrected chi connectivity index (χ2v) is 5.85. The fourth-order valence-electron chi connectivity index (χ4n) is 1.77. The quantitative estimate of drug-likeness (QED) is 0.843. The first-order valence-electron chi connectivity index (χ1n) is 5.65. The summed E-state index contributed by atoms with van der Waals surface area (Å²) in [6, 6.07) is 0.198. The van der Waals surface area contributed by atoms with E-state index < -0.39 is 10.0 Å². The average molecular weight is 243 g/mol. The van der Waals surface area contributed by atoms with Gasteiger partial charge in [0.1, 0.15) is 5.82 Å². The van der Waals surface area contributed by atoms with Gasteiger partial charge in [0.15, 0.2) is 5.03 Å². The van der Waals surface area contributed by atoms with Gasteiger partial charge >= 0.3 is 0 Å². The second kappa shape index (κ2) is 4.18. The van der Waals surface area contributed by atoms with Gasteiger partial charge in [0, 0.05) is 19.0 Å². The maximum Gasteiger partial charge on any atom is 0.260 e. The largest absolute Gasteiger partial charge is 0.332 e. The number of hydrogen-bond acceptors (Lipinski definition) is 3. The van der Waals surface area contributed by atoms with Crippen molar-refractivity contribution in [3.05, 3.63) is 12.0 Å². The van der Waals surface area contributed by atoms with Crippen molar-refractivity contribution in [3.8, 4) is 0 Å². The monoisotopic (exact) mass is 243 g/mol. The van der Waals surface area contributed by atoms with Crippen molar-refractivity contribution in [3.63, 3.8) is 0 Å². The van der Waals surface area contributed by atoms with Crippen LogP contribution in [0.15, 0.2) is 11.2 Å². The minimum atomic E-state index is -3.36. The highest BCUT2D eigenvalue weighted by atomic mass is 32.2. The molecule has 0 aliphatic heterocycles. The number of nitrogens with one attached hydrogen (secondary N) is 1. The van der Waals surface area contributed by atoms with Crippen molar-refractivity contribution in [2.45, 2.75) is 44.2 Å². The standard InChI is InChI=1S/C10H17N3O2S/c1-3-9-11-7-10(12-9)16(14,15)13(4-2)8-5-6-8/h7-8H,3-6H2,1-2H3,(H,11,12). The lowest BCUT2D eigenvalue weighted by Crippen LogP contribution is -2.33. The van der Waals surface area contributed by atoms with E-state index in [1.165, 1.54) is 6.20 Å². The van der Waals surface area contributed by atoms with Crippen molar-refractivity contribution in [1.82, 2.24) is 14.3 Å². The number of imidazole rings is 1. The molecule has 16 heavy (non-hydrogen) atoms. The van der Waals surface area contributed by atoms with Gasteiger partial charge in [0.2, 0.25) is 0 Å². The smallest absolute Gasteiger partial charge is 0.260 e. The molecule has 1 saturated carbocycles. The number of H-pyrrole nitrogens is 1. The van der Waals surface area contributed by atoms with Gasteiger partial charge in [-0.3, -0.25) is 0 Å². The van der Waals surface area contributed by atoms with Crippen LogP contribution in [0, 0.1) is 0 Å². The third-order valence-corrected chi connectivity index (χ3v) is 4.73. The highest BCUT2D eigenvalue weighted by Crippen LogP contribution is 2.31. The van der Waals surface area contributed by atoms with Crippen molar-refractivity contribution < 1.29 is 8.42 Å². The van der Waals surface area contributed by atoms with E-state index in [0.29, 0.717) is 18.8 Å². The summed E-state index contributed by atoms with van der Waals surface area (Å²) < 4.78 is 26.0. The maximum absolute atomic E-state index is 12.2. The number of sulfonamides is 1. The molecule has 90 valence electrons. The van der Waals surface area contributed by atoms with Crippen molar-refractivity contribution in [2.75, 3.05) is 6.54 Å². The lowest BCUT2D eigenvalue weighted by molar-refractivity contribution is 0.419. The molecule has 1 aromatic rings. The van der Waals surface area contributed by atoms with Gasteiger partial charge in [-0.15, -0.1) is 0 Å². The highest BCUT2D eigenvalue weighted by molar-refractivity contribution is 7.89. The summed E-state index contributed by atoms with van der Waals surface area (Å²) in [6.45, 7) is 4.33. The van der Waals surface area contributed by atoms with Crippen LogP contribution in [0.2, 0.25) is 0 Å². The molecular weight excluding hydrogens is 226 g/mol. The Balaban J connectivity index is 2.29. The lowest BCUT2D eigenvalue weighted by Gasteiger charge is -2.18. The summed E-state index contributed by atoms with van der Waals surface area (Å²) in [5.41, 5.74) is 0. The third-order valence-electron chi connectivity index (χ3n) is 2.79. The molecule has 0 atom stereocenters. The average Bonchev–Trinajstić information content (AvgIpc) is 2.95. The molecule has 1 aliphatic rings. The summed E-state index contributed by atoms with van der Waals surface area (Å²) in [5.74, 6) is 0.713. The fourth-order valence-corrected chi connectivity index (χ4v) is 3.40. The Morgan fingerprint density at radius 1 is 1.50 bits per heavy atom. The Hall–Kier alpha value is -0.880. The van der Waals surface area contributed by atoms with Gasteiger partial charge in [-0.2, -0.15) is 4.31 Å². The maximum atomic E-state index is 12.2. The number of aromatic nitrogens is 2. The van der Waals surface area contributed by atoms with Crippen LogP contribution in [0.4, 0.5) is 0 Å². The van der Waals surface area contributed by atoms with Gasteiger partial charge in [0.05, 0.1) is 6.20 Å². The second-order valence-electron chi connectivity index (χ2n) is 3.99. The topological polar surface area (TPSA) is 66.1 Å². The molecule has 1 aliphatic carbocycles. The van der Waals surface area contributed by atoms with Crippen LogP contribution in [-0.2, 0) is 16.4 Å². The molecule has 0 radical (unpaired) electrons. The number of nitrogens with zero attached hydrogens (tertiary/aromatic N) is 2. The van der Waals surface area contributed by atoms with Gasteiger partial charge < -0.3 is 4.98 Å². The van der Waals surface area contributed by atoms with Crippen LogP contribution in [0.25, 0.3) is 0 Å². The van der Waals surface area contributed by atoms with E-state index in [4.69, 9.17) is 0 Å². The number of rotatable bonds is 5. The molecule has 0 bridgehead atoms. The Kier molecular flexibility index (Phi) is 3.03. The SMILES string of the molecule is CCc1ncc(S(=O)(=O)N(CC)C2CC2)[nH]1. The number of aromatic amines is 1. The molecule has 0 unspecified atom stereocenters. The molecule has 2 rings (SSSR count). The molecular formula is C10H17N3O2S. The normalized spacial score (nSPS) is 16.9. The molecule has 0 amide bonds. The van der Waals surface area contributed by atoms with E-state index in [-0.39, 0.29) is 11.1 Å². The molecule has 5 nitrogen and oxygen atoms in total. The van der Waals surface area contributed by atoms with Gasteiger partial charge in [0.25, 0.3) is 10.0 Å². The van der Waals surface area contributed by atoms with E-state index in [9.17, 15) is 8.42 Å². The van der Waals surface area contributed by atoms with Crippen LogP contribution < -0.4 is 0 Å². The minimum absolute atomic E-state index is 0.198. The summed E-state index contributed by atoms with van der Waals surface area (Å²) in [5, 5.41) is 0.220. The van der Waals surface area contributed by atoms with E-state index >= 15 is 0 Å². The summed E-state index contributed by atoms with van der Waals surface area (Å²) >= 11 is 0. The van der Waals surface area contributed by atoms with E-state index in [1.807, 2.05) is 13.8 Å². The predicted octanol–water partition coefficient (Wildman–Crippen LogP) is 1.15. The third kappa shape index (κ3) is 1.99. The first-order chi connectivity index (χ1) is 7.59.